The number of hydrogen-bond donors (Lipinski definition) is 1. The molecule has 0 fully saturated rings. The van der Waals surface area contributed by atoms with Gasteiger partial charge in [0, 0.05) is 12.6 Å². The van der Waals surface area contributed by atoms with Crippen LogP contribution in [0.15, 0.2) is 24.4 Å². The van der Waals surface area contributed by atoms with Gasteiger partial charge in [-0.05, 0) is 17.7 Å². The number of aromatic nitrogens is 2. The van der Waals surface area contributed by atoms with Crippen molar-refractivity contribution < 1.29 is 9.47 Å². The molecule has 2 aromatic rings. The molecule has 0 atom stereocenters. The van der Waals surface area contributed by atoms with Crippen LogP contribution in [0.1, 0.15) is 0 Å². The lowest BCUT2D eigenvalue weighted by molar-refractivity contribution is 0.171. The van der Waals surface area contributed by atoms with Gasteiger partial charge in [-0.1, -0.05) is 6.07 Å². The van der Waals surface area contributed by atoms with Gasteiger partial charge in [-0.3, -0.25) is 4.68 Å². The van der Waals surface area contributed by atoms with E-state index in [9.17, 15) is 0 Å². The predicted molar refractivity (Wildman–Crippen MR) is 64.0 cm³/mol. The summed E-state index contributed by atoms with van der Waals surface area (Å²) in [6.07, 6.45) is 1.75. The van der Waals surface area contributed by atoms with Crippen molar-refractivity contribution in [1.82, 2.24) is 9.78 Å². The molecule has 0 radical (unpaired) electrons. The number of benzene rings is 1. The molecule has 3 rings (SSSR count). The summed E-state index contributed by atoms with van der Waals surface area (Å²) in [5.41, 5.74) is 7.83. The Balaban J connectivity index is 2.07. The minimum absolute atomic E-state index is 0.582. The molecule has 0 bridgehead atoms. The Morgan fingerprint density at radius 3 is 2.71 bits per heavy atom. The molecule has 1 aromatic carbocycles. The summed E-state index contributed by atoms with van der Waals surface area (Å²) in [4.78, 5) is 0. The number of rotatable bonds is 1. The van der Waals surface area contributed by atoms with Crippen molar-refractivity contribution in [2.75, 3.05) is 18.9 Å². The third-order valence-electron chi connectivity index (χ3n) is 2.84. The molecule has 17 heavy (non-hydrogen) atoms. The van der Waals surface area contributed by atoms with Crippen molar-refractivity contribution in [1.29, 1.82) is 0 Å². The van der Waals surface area contributed by atoms with Gasteiger partial charge >= 0.3 is 0 Å². The van der Waals surface area contributed by atoms with Gasteiger partial charge in [-0.2, -0.15) is 5.10 Å². The van der Waals surface area contributed by atoms with Crippen molar-refractivity contribution in [3.63, 3.8) is 0 Å². The number of nitrogen functional groups attached to an aromatic ring is 1. The van der Waals surface area contributed by atoms with Crippen LogP contribution >= 0.6 is 0 Å². The quantitative estimate of drug-likeness (QED) is 0.806. The highest BCUT2D eigenvalue weighted by Gasteiger charge is 2.14. The lowest BCUT2D eigenvalue weighted by Crippen LogP contribution is -2.15. The topological polar surface area (TPSA) is 62.3 Å². The third kappa shape index (κ3) is 1.60. The van der Waals surface area contributed by atoms with E-state index in [1.807, 2.05) is 25.2 Å². The van der Waals surface area contributed by atoms with Gasteiger partial charge in [0.2, 0.25) is 0 Å². The Labute approximate surface area is 98.8 Å². The highest BCUT2D eigenvalue weighted by Crippen LogP contribution is 2.35. The zero-order valence-electron chi connectivity index (χ0n) is 9.51. The van der Waals surface area contributed by atoms with Crippen LogP contribution in [0, 0.1) is 0 Å². The summed E-state index contributed by atoms with van der Waals surface area (Å²) in [6.45, 7) is 1.18. The minimum atomic E-state index is 0.582. The number of nitrogens with zero attached hydrogens (tertiary/aromatic N) is 2. The number of nitrogens with two attached hydrogens (primary N) is 1. The SMILES string of the molecule is Cn1ncc(-c2ccc3c(c2)OCCO3)c1N. The van der Waals surface area contributed by atoms with Gasteiger partial charge in [0.25, 0.3) is 0 Å². The number of aryl methyl sites for hydroxylation is 1. The second-order valence-corrected chi connectivity index (χ2v) is 3.93. The first-order valence-corrected chi connectivity index (χ1v) is 5.43. The van der Waals surface area contributed by atoms with E-state index in [1.165, 1.54) is 0 Å². The molecule has 0 saturated carbocycles. The van der Waals surface area contributed by atoms with Crippen molar-refractivity contribution >= 4 is 5.82 Å². The second kappa shape index (κ2) is 3.69. The molecule has 1 aliphatic rings. The Bertz CT molecular complexity index is 563. The van der Waals surface area contributed by atoms with Crippen LogP contribution in [0.4, 0.5) is 5.82 Å². The van der Waals surface area contributed by atoms with Gasteiger partial charge in [0.15, 0.2) is 11.5 Å². The fraction of sp³-hybridized carbons (Fsp3) is 0.250. The van der Waals surface area contributed by atoms with E-state index in [1.54, 1.807) is 10.9 Å². The zero-order valence-corrected chi connectivity index (χ0v) is 9.51. The first kappa shape index (κ1) is 10.0. The highest BCUT2D eigenvalue weighted by molar-refractivity contribution is 5.75. The second-order valence-electron chi connectivity index (χ2n) is 3.93. The van der Waals surface area contributed by atoms with E-state index in [0.717, 1.165) is 22.6 Å². The largest absolute Gasteiger partial charge is 0.486 e. The molecule has 5 heteroatoms. The summed E-state index contributed by atoms with van der Waals surface area (Å²) in [5.74, 6) is 2.18. The van der Waals surface area contributed by atoms with E-state index >= 15 is 0 Å². The molecule has 2 N–H and O–H groups in total. The summed E-state index contributed by atoms with van der Waals surface area (Å²) in [6, 6.07) is 5.79. The molecule has 1 aromatic heterocycles. The fourth-order valence-corrected chi connectivity index (χ4v) is 1.88. The van der Waals surface area contributed by atoms with Gasteiger partial charge in [-0.15, -0.1) is 0 Å². The van der Waals surface area contributed by atoms with Crippen LogP contribution in [0.5, 0.6) is 11.5 Å². The zero-order chi connectivity index (χ0) is 11.8. The van der Waals surface area contributed by atoms with E-state index < -0.39 is 0 Å². The summed E-state index contributed by atoms with van der Waals surface area (Å²) in [7, 11) is 1.82. The Morgan fingerprint density at radius 2 is 2.00 bits per heavy atom. The first-order valence-electron chi connectivity index (χ1n) is 5.43. The van der Waals surface area contributed by atoms with Gasteiger partial charge in [0.1, 0.15) is 19.0 Å². The maximum absolute atomic E-state index is 5.94. The van der Waals surface area contributed by atoms with Crippen LogP contribution in [-0.2, 0) is 7.05 Å². The van der Waals surface area contributed by atoms with Crippen molar-refractivity contribution in [3.8, 4) is 22.6 Å². The Morgan fingerprint density at radius 1 is 1.24 bits per heavy atom. The number of fused-ring (bicyclic) bond motifs is 1. The first-order chi connectivity index (χ1) is 8.25. The van der Waals surface area contributed by atoms with Crippen LogP contribution in [0.2, 0.25) is 0 Å². The smallest absolute Gasteiger partial charge is 0.161 e. The molecule has 0 unspecified atom stereocenters. The monoisotopic (exact) mass is 231 g/mol. The summed E-state index contributed by atoms with van der Waals surface area (Å²) in [5, 5.41) is 4.12. The summed E-state index contributed by atoms with van der Waals surface area (Å²) >= 11 is 0. The molecule has 88 valence electrons. The van der Waals surface area contributed by atoms with Gasteiger partial charge < -0.3 is 15.2 Å². The molecule has 5 nitrogen and oxygen atoms in total. The van der Waals surface area contributed by atoms with E-state index in [4.69, 9.17) is 15.2 Å². The van der Waals surface area contributed by atoms with Crippen molar-refractivity contribution in [2.24, 2.45) is 7.05 Å². The standard InChI is InChI=1S/C12H13N3O2/c1-15-12(13)9(7-14-15)8-2-3-10-11(6-8)17-5-4-16-10/h2-3,6-7H,4-5,13H2,1H3. The van der Waals surface area contributed by atoms with Crippen molar-refractivity contribution in [3.05, 3.63) is 24.4 Å². The normalized spacial score (nSPS) is 13.7. The average molecular weight is 231 g/mol. The molecule has 0 amide bonds. The van der Waals surface area contributed by atoms with Crippen molar-refractivity contribution in [2.45, 2.75) is 0 Å². The highest BCUT2D eigenvalue weighted by atomic mass is 16.6. The molecular formula is C12H13N3O2. The maximum Gasteiger partial charge on any atom is 0.161 e. The lowest BCUT2D eigenvalue weighted by atomic mass is 10.1. The summed E-state index contributed by atoms with van der Waals surface area (Å²) < 4.78 is 12.7. The third-order valence-corrected chi connectivity index (χ3v) is 2.84. The van der Waals surface area contributed by atoms with Gasteiger partial charge in [0.05, 0.1) is 6.20 Å². The number of hydrogen-bond acceptors (Lipinski definition) is 4. The average Bonchev–Trinajstić information content (AvgIpc) is 2.70. The van der Waals surface area contributed by atoms with E-state index in [-0.39, 0.29) is 0 Å². The molecule has 0 saturated heterocycles. The van der Waals surface area contributed by atoms with Gasteiger partial charge in [-0.25, -0.2) is 0 Å². The van der Waals surface area contributed by atoms with Crippen LogP contribution in [0.25, 0.3) is 11.1 Å². The molecule has 0 aliphatic carbocycles. The number of ether oxygens (including phenoxy) is 2. The lowest BCUT2D eigenvalue weighted by Gasteiger charge is -2.18. The fourth-order valence-electron chi connectivity index (χ4n) is 1.88. The van der Waals surface area contributed by atoms with Crippen LogP contribution in [-0.4, -0.2) is 23.0 Å². The van der Waals surface area contributed by atoms with Crippen LogP contribution < -0.4 is 15.2 Å². The Kier molecular flexibility index (Phi) is 2.18. The molecular weight excluding hydrogens is 218 g/mol. The van der Waals surface area contributed by atoms with E-state index in [0.29, 0.717) is 19.0 Å². The predicted octanol–water partition coefficient (Wildman–Crippen LogP) is 1.44. The van der Waals surface area contributed by atoms with Crippen LogP contribution in [0.3, 0.4) is 0 Å². The molecule has 1 aliphatic heterocycles. The molecule has 2 heterocycles. The van der Waals surface area contributed by atoms with E-state index in [2.05, 4.69) is 5.10 Å². The number of anilines is 1. The molecule has 0 spiro atoms. The Hall–Kier alpha value is -2.17. The minimum Gasteiger partial charge on any atom is -0.486 e. The maximum atomic E-state index is 5.94.